The molecular weight excluding hydrogens is 247 g/mol. The SMILES string of the molecule is CN(C)CCCNCC(O)COc1ccccc1F. The lowest BCUT2D eigenvalue weighted by molar-refractivity contribution is 0.104. The maximum Gasteiger partial charge on any atom is 0.165 e. The fourth-order valence-corrected chi connectivity index (χ4v) is 1.60. The summed E-state index contributed by atoms with van der Waals surface area (Å²) in [5.41, 5.74) is 0. The van der Waals surface area contributed by atoms with Crippen LogP contribution in [0.5, 0.6) is 5.75 Å². The second kappa shape index (κ2) is 8.85. The highest BCUT2D eigenvalue weighted by molar-refractivity contribution is 5.23. The third-order valence-electron chi connectivity index (χ3n) is 2.61. The number of ether oxygens (including phenoxy) is 1. The van der Waals surface area contributed by atoms with Gasteiger partial charge in [0.15, 0.2) is 11.6 Å². The predicted molar refractivity (Wildman–Crippen MR) is 73.9 cm³/mol. The van der Waals surface area contributed by atoms with Gasteiger partial charge in [0.25, 0.3) is 0 Å². The molecule has 2 N–H and O–H groups in total. The Morgan fingerprint density at radius 2 is 2.11 bits per heavy atom. The predicted octanol–water partition coefficient (Wildman–Crippen LogP) is 1.11. The number of para-hydroxylation sites is 1. The van der Waals surface area contributed by atoms with E-state index in [1.807, 2.05) is 14.1 Å². The Morgan fingerprint density at radius 1 is 1.37 bits per heavy atom. The summed E-state index contributed by atoms with van der Waals surface area (Å²) in [6.45, 7) is 2.38. The van der Waals surface area contributed by atoms with E-state index in [0.29, 0.717) is 6.54 Å². The van der Waals surface area contributed by atoms with Gasteiger partial charge in [0.05, 0.1) is 0 Å². The van der Waals surface area contributed by atoms with Crippen molar-refractivity contribution < 1.29 is 14.2 Å². The van der Waals surface area contributed by atoms with Gasteiger partial charge in [0.1, 0.15) is 12.7 Å². The molecule has 0 saturated carbocycles. The first-order valence-corrected chi connectivity index (χ1v) is 6.50. The van der Waals surface area contributed by atoms with Gasteiger partial charge >= 0.3 is 0 Å². The zero-order valence-corrected chi connectivity index (χ0v) is 11.6. The molecule has 0 saturated heterocycles. The fraction of sp³-hybridized carbons (Fsp3) is 0.571. The summed E-state index contributed by atoms with van der Waals surface area (Å²) in [6, 6.07) is 6.18. The number of rotatable bonds is 9. The molecule has 0 aliphatic carbocycles. The van der Waals surface area contributed by atoms with Crippen LogP contribution < -0.4 is 10.1 Å². The van der Waals surface area contributed by atoms with Crippen LogP contribution in [0.15, 0.2) is 24.3 Å². The van der Waals surface area contributed by atoms with E-state index in [0.717, 1.165) is 19.5 Å². The Labute approximate surface area is 114 Å². The first-order chi connectivity index (χ1) is 9.09. The molecule has 0 radical (unpaired) electrons. The van der Waals surface area contributed by atoms with Crippen LogP contribution in [0.2, 0.25) is 0 Å². The minimum absolute atomic E-state index is 0.0849. The van der Waals surface area contributed by atoms with Crippen molar-refractivity contribution in [3.05, 3.63) is 30.1 Å². The molecule has 1 atom stereocenters. The number of halogens is 1. The molecule has 0 aliphatic heterocycles. The van der Waals surface area contributed by atoms with Gasteiger partial charge in [-0.25, -0.2) is 4.39 Å². The molecule has 19 heavy (non-hydrogen) atoms. The minimum Gasteiger partial charge on any atom is -0.488 e. The molecule has 0 aromatic heterocycles. The zero-order chi connectivity index (χ0) is 14.1. The summed E-state index contributed by atoms with van der Waals surface area (Å²) in [5, 5.41) is 12.8. The molecule has 4 nitrogen and oxygen atoms in total. The largest absolute Gasteiger partial charge is 0.488 e. The third kappa shape index (κ3) is 7.10. The Morgan fingerprint density at radius 3 is 2.79 bits per heavy atom. The van der Waals surface area contributed by atoms with E-state index in [2.05, 4.69) is 10.2 Å². The molecule has 0 aliphatic rings. The molecule has 0 fully saturated rings. The molecule has 0 heterocycles. The van der Waals surface area contributed by atoms with E-state index in [-0.39, 0.29) is 12.4 Å². The molecule has 1 aromatic rings. The molecule has 0 bridgehead atoms. The Hall–Kier alpha value is -1.17. The molecule has 1 rings (SSSR count). The molecular formula is C14H23FN2O2. The summed E-state index contributed by atoms with van der Waals surface area (Å²) in [4.78, 5) is 2.11. The van der Waals surface area contributed by atoms with E-state index in [1.54, 1.807) is 18.2 Å². The monoisotopic (exact) mass is 270 g/mol. The maximum atomic E-state index is 13.2. The van der Waals surface area contributed by atoms with Crippen LogP contribution in [-0.2, 0) is 0 Å². The van der Waals surface area contributed by atoms with Crippen molar-refractivity contribution in [3.8, 4) is 5.75 Å². The van der Waals surface area contributed by atoms with Gasteiger partial charge in [-0.1, -0.05) is 12.1 Å². The van der Waals surface area contributed by atoms with Gasteiger partial charge in [0, 0.05) is 6.54 Å². The van der Waals surface area contributed by atoms with Crippen molar-refractivity contribution in [2.24, 2.45) is 0 Å². The van der Waals surface area contributed by atoms with Gasteiger partial charge < -0.3 is 20.1 Å². The zero-order valence-electron chi connectivity index (χ0n) is 11.6. The number of nitrogens with zero attached hydrogens (tertiary/aromatic N) is 1. The molecule has 1 aromatic carbocycles. The summed E-state index contributed by atoms with van der Waals surface area (Å²) in [5.74, 6) is -0.234. The van der Waals surface area contributed by atoms with Crippen molar-refractivity contribution in [1.82, 2.24) is 10.2 Å². The highest BCUT2D eigenvalue weighted by Crippen LogP contribution is 2.15. The smallest absolute Gasteiger partial charge is 0.165 e. The number of hydrogen-bond donors (Lipinski definition) is 2. The number of hydrogen-bond acceptors (Lipinski definition) is 4. The summed E-state index contributed by atoms with van der Waals surface area (Å²) in [7, 11) is 4.05. The molecule has 0 amide bonds. The van der Waals surface area contributed by atoms with Gasteiger partial charge in [-0.15, -0.1) is 0 Å². The summed E-state index contributed by atoms with van der Waals surface area (Å²) in [6.07, 6.45) is 0.382. The van der Waals surface area contributed by atoms with Gasteiger partial charge in [-0.3, -0.25) is 0 Å². The first kappa shape index (κ1) is 15.9. The van der Waals surface area contributed by atoms with Crippen LogP contribution in [0, 0.1) is 5.82 Å². The van der Waals surface area contributed by atoms with Crippen LogP contribution in [-0.4, -0.2) is 56.4 Å². The highest BCUT2D eigenvalue weighted by Gasteiger charge is 2.07. The average Bonchev–Trinajstić information content (AvgIpc) is 2.37. The van der Waals surface area contributed by atoms with Crippen LogP contribution in [0.1, 0.15) is 6.42 Å². The molecule has 108 valence electrons. The van der Waals surface area contributed by atoms with E-state index < -0.39 is 11.9 Å². The Balaban J connectivity index is 2.11. The van der Waals surface area contributed by atoms with Crippen molar-refractivity contribution in [2.45, 2.75) is 12.5 Å². The van der Waals surface area contributed by atoms with Crippen LogP contribution in [0.4, 0.5) is 4.39 Å². The third-order valence-corrected chi connectivity index (χ3v) is 2.61. The minimum atomic E-state index is -0.640. The number of aliphatic hydroxyl groups is 1. The van der Waals surface area contributed by atoms with E-state index in [9.17, 15) is 9.50 Å². The van der Waals surface area contributed by atoms with Crippen LogP contribution in [0.3, 0.4) is 0 Å². The molecule has 1 unspecified atom stereocenters. The lowest BCUT2D eigenvalue weighted by Crippen LogP contribution is -2.33. The van der Waals surface area contributed by atoms with Crippen LogP contribution in [0.25, 0.3) is 0 Å². The van der Waals surface area contributed by atoms with Gasteiger partial charge in [-0.05, 0) is 45.7 Å². The first-order valence-electron chi connectivity index (χ1n) is 6.50. The van der Waals surface area contributed by atoms with Crippen molar-refractivity contribution >= 4 is 0 Å². The quantitative estimate of drug-likeness (QED) is 0.660. The summed E-state index contributed by atoms with van der Waals surface area (Å²) >= 11 is 0. The van der Waals surface area contributed by atoms with Crippen molar-refractivity contribution in [3.63, 3.8) is 0 Å². The number of aliphatic hydroxyl groups excluding tert-OH is 1. The molecule has 0 spiro atoms. The lowest BCUT2D eigenvalue weighted by Gasteiger charge is -2.14. The van der Waals surface area contributed by atoms with Crippen molar-refractivity contribution in [1.29, 1.82) is 0 Å². The second-order valence-electron chi connectivity index (χ2n) is 4.76. The normalized spacial score (nSPS) is 12.7. The Bertz CT molecular complexity index is 361. The highest BCUT2D eigenvalue weighted by atomic mass is 19.1. The van der Waals surface area contributed by atoms with Crippen LogP contribution >= 0.6 is 0 Å². The van der Waals surface area contributed by atoms with Gasteiger partial charge in [-0.2, -0.15) is 0 Å². The molecule has 5 heteroatoms. The maximum absolute atomic E-state index is 13.2. The summed E-state index contributed by atoms with van der Waals surface area (Å²) < 4.78 is 18.5. The second-order valence-corrected chi connectivity index (χ2v) is 4.76. The Kier molecular flexibility index (Phi) is 7.40. The lowest BCUT2D eigenvalue weighted by atomic mass is 10.3. The topological polar surface area (TPSA) is 44.7 Å². The average molecular weight is 270 g/mol. The fourth-order valence-electron chi connectivity index (χ4n) is 1.60. The van der Waals surface area contributed by atoms with Crippen molar-refractivity contribution in [2.75, 3.05) is 40.3 Å². The van der Waals surface area contributed by atoms with E-state index in [4.69, 9.17) is 4.74 Å². The standard InChI is InChI=1S/C14H23FN2O2/c1-17(2)9-5-8-16-10-12(18)11-19-14-7-4-3-6-13(14)15/h3-4,6-7,12,16,18H,5,8-11H2,1-2H3. The number of benzene rings is 1. The van der Waals surface area contributed by atoms with E-state index >= 15 is 0 Å². The van der Waals surface area contributed by atoms with E-state index in [1.165, 1.54) is 6.07 Å². The van der Waals surface area contributed by atoms with Gasteiger partial charge in [0.2, 0.25) is 0 Å². The number of nitrogens with one attached hydrogen (secondary N) is 1.